The zero-order valence-electron chi connectivity index (χ0n) is 11.6. The molecule has 3 rings (SSSR count). The van der Waals surface area contributed by atoms with Gasteiger partial charge >= 0.3 is 0 Å². The van der Waals surface area contributed by atoms with Gasteiger partial charge in [-0.2, -0.15) is 0 Å². The van der Waals surface area contributed by atoms with Gasteiger partial charge in [0.05, 0.1) is 0 Å². The van der Waals surface area contributed by atoms with Gasteiger partial charge < -0.3 is 10.2 Å². The minimum Gasteiger partial charge on any atom is -0.311 e. The van der Waals surface area contributed by atoms with Crippen LogP contribution in [0.25, 0.3) is 10.8 Å². The standard InChI is InChI=1S/C17H22N2/c1-19-12-11-18-16(13-19)10-9-15-7-4-6-14-5-2-3-8-17(14)15/h2-8,16,18H,9-13H2,1H3. The average Bonchev–Trinajstić information content (AvgIpc) is 2.45. The Hall–Kier alpha value is -1.38. The summed E-state index contributed by atoms with van der Waals surface area (Å²) in [6, 6.07) is 16.0. The lowest BCUT2D eigenvalue weighted by Crippen LogP contribution is -2.49. The fourth-order valence-corrected chi connectivity index (χ4v) is 3.03. The van der Waals surface area contributed by atoms with Crippen LogP contribution in [-0.2, 0) is 6.42 Å². The number of aryl methyl sites for hydroxylation is 1. The Morgan fingerprint density at radius 2 is 2.00 bits per heavy atom. The molecule has 0 bridgehead atoms. The molecule has 0 spiro atoms. The van der Waals surface area contributed by atoms with Gasteiger partial charge in [-0.3, -0.25) is 0 Å². The second-order valence-electron chi connectivity index (χ2n) is 5.59. The largest absolute Gasteiger partial charge is 0.311 e. The molecule has 19 heavy (non-hydrogen) atoms. The topological polar surface area (TPSA) is 15.3 Å². The van der Waals surface area contributed by atoms with Crippen LogP contribution >= 0.6 is 0 Å². The number of likely N-dealkylation sites (N-methyl/N-ethyl adjacent to an activating group) is 1. The van der Waals surface area contributed by atoms with E-state index in [1.54, 1.807) is 0 Å². The third-order valence-electron chi connectivity index (χ3n) is 4.10. The van der Waals surface area contributed by atoms with E-state index in [1.807, 2.05) is 0 Å². The normalized spacial score (nSPS) is 20.8. The number of fused-ring (bicyclic) bond motifs is 1. The van der Waals surface area contributed by atoms with Crippen LogP contribution in [0.3, 0.4) is 0 Å². The molecule has 1 saturated heterocycles. The Bertz CT molecular complexity index is 544. The predicted octanol–water partition coefficient (Wildman–Crippen LogP) is 2.68. The molecule has 0 saturated carbocycles. The molecule has 0 aliphatic carbocycles. The van der Waals surface area contributed by atoms with Gasteiger partial charge in [-0.1, -0.05) is 42.5 Å². The van der Waals surface area contributed by atoms with Crippen LogP contribution in [-0.4, -0.2) is 37.6 Å². The van der Waals surface area contributed by atoms with Gasteiger partial charge in [-0.15, -0.1) is 0 Å². The highest BCUT2D eigenvalue weighted by Gasteiger charge is 2.16. The summed E-state index contributed by atoms with van der Waals surface area (Å²) in [4.78, 5) is 2.42. The molecule has 1 atom stereocenters. The summed E-state index contributed by atoms with van der Waals surface area (Å²) in [6.45, 7) is 3.46. The Balaban J connectivity index is 1.71. The van der Waals surface area contributed by atoms with Crippen molar-refractivity contribution in [2.45, 2.75) is 18.9 Å². The first-order chi connectivity index (χ1) is 9.33. The molecule has 0 aromatic heterocycles. The van der Waals surface area contributed by atoms with Crippen LogP contribution in [0, 0.1) is 0 Å². The van der Waals surface area contributed by atoms with Crippen LogP contribution in [0.1, 0.15) is 12.0 Å². The summed E-state index contributed by atoms with van der Waals surface area (Å²) >= 11 is 0. The van der Waals surface area contributed by atoms with Gasteiger partial charge in [-0.05, 0) is 36.2 Å². The van der Waals surface area contributed by atoms with Gasteiger partial charge in [0.2, 0.25) is 0 Å². The summed E-state index contributed by atoms with van der Waals surface area (Å²) in [5.74, 6) is 0. The van der Waals surface area contributed by atoms with E-state index in [-0.39, 0.29) is 0 Å². The highest BCUT2D eigenvalue weighted by Crippen LogP contribution is 2.20. The van der Waals surface area contributed by atoms with Crippen molar-refractivity contribution in [3.05, 3.63) is 48.0 Å². The zero-order chi connectivity index (χ0) is 13.1. The van der Waals surface area contributed by atoms with Crippen molar-refractivity contribution in [1.82, 2.24) is 10.2 Å². The van der Waals surface area contributed by atoms with Crippen molar-refractivity contribution in [3.63, 3.8) is 0 Å². The maximum atomic E-state index is 3.63. The lowest BCUT2D eigenvalue weighted by Gasteiger charge is -2.31. The first-order valence-electron chi connectivity index (χ1n) is 7.21. The van der Waals surface area contributed by atoms with Crippen LogP contribution < -0.4 is 5.32 Å². The molecule has 1 unspecified atom stereocenters. The minimum atomic E-state index is 0.637. The third-order valence-corrected chi connectivity index (χ3v) is 4.10. The fourth-order valence-electron chi connectivity index (χ4n) is 3.03. The van der Waals surface area contributed by atoms with Gasteiger partial charge in [0, 0.05) is 25.7 Å². The first kappa shape index (κ1) is 12.6. The van der Waals surface area contributed by atoms with Crippen LogP contribution in [0.2, 0.25) is 0 Å². The van der Waals surface area contributed by atoms with Crippen LogP contribution in [0.15, 0.2) is 42.5 Å². The quantitative estimate of drug-likeness (QED) is 0.906. The molecule has 2 nitrogen and oxygen atoms in total. The van der Waals surface area contributed by atoms with Crippen molar-refractivity contribution in [3.8, 4) is 0 Å². The van der Waals surface area contributed by atoms with Crippen molar-refractivity contribution in [2.75, 3.05) is 26.7 Å². The van der Waals surface area contributed by atoms with E-state index in [0.29, 0.717) is 6.04 Å². The van der Waals surface area contributed by atoms with E-state index >= 15 is 0 Å². The molecule has 100 valence electrons. The fraction of sp³-hybridized carbons (Fsp3) is 0.412. The minimum absolute atomic E-state index is 0.637. The molecule has 2 aromatic carbocycles. The maximum Gasteiger partial charge on any atom is 0.0198 e. The molecular weight excluding hydrogens is 232 g/mol. The maximum absolute atomic E-state index is 3.63. The highest BCUT2D eigenvalue weighted by molar-refractivity contribution is 5.85. The molecule has 0 amide bonds. The summed E-state index contributed by atoms with van der Waals surface area (Å²) in [6.07, 6.45) is 2.38. The van der Waals surface area contributed by atoms with Crippen LogP contribution in [0.5, 0.6) is 0 Å². The van der Waals surface area contributed by atoms with Gasteiger partial charge in [-0.25, -0.2) is 0 Å². The molecule has 1 N–H and O–H groups in total. The number of hydrogen-bond donors (Lipinski definition) is 1. The van der Waals surface area contributed by atoms with Crippen LogP contribution in [0.4, 0.5) is 0 Å². The Kier molecular flexibility index (Phi) is 3.81. The molecular formula is C17H22N2. The summed E-state index contributed by atoms with van der Waals surface area (Å²) in [5, 5.41) is 6.39. The van der Waals surface area contributed by atoms with Crippen molar-refractivity contribution < 1.29 is 0 Å². The first-order valence-corrected chi connectivity index (χ1v) is 7.21. The van der Waals surface area contributed by atoms with E-state index in [0.717, 1.165) is 13.0 Å². The SMILES string of the molecule is CN1CCNC(CCc2cccc3ccccc23)C1. The van der Waals surface area contributed by atoms with E-state index in [1.165, 1.54) is 35.8 Å². The number of benzene rings is 2. The van der Waals surface area contributed by atoms with Gasteiger partial charge in [0.1, 0.15) is 0 Å². The number of nitrogens with zero attached hydrogens (tertiary/aromatic N) is 1. The monoisotopic (exact) mass is 254 g/mol. The number of nitrogens with one attached hydrogen (secondary N) is 1. The summed E-state index contributed by atoms with van der Waals surface area (Å²) in [5.41, 5.74) is 1.48. The summed E-state index contributed by atoms with van der Waals surface area (Å²) in [7, 11) is 2.21. The van der Waals surface area contributed by atoms with Crippen molar-refractivity contribution in [2.24, 2.45) is 0 Å². The Morgan fingerprint density at radius 3 is 2.89 bits per heavy atom. The zero-order valence-corrected chi connectivity index (χ0v) is 11.6. The van der Waals surface area contributed by atoms with Gasteiger partial charge in [0.25, 0.3) is 0 Å². The second kappa shape index (κ2) is 5.72. The van der Waals surface area contributed by atoms with E-state index in [4.69, 9.17) is 0 Å². The number of rotatable bonds is 3. The Labute approximate surface area is 115 Å². The Morgan fingerprint density at radius 1 is 1.16 bits per heavy atom. The molecule has 0 radical (unpaired) electrons. The molecule has 1 aliphatic rings. The lowest BCUT2D eigenvalue weighted by atomic mass is 9.98. The molecule has 1 fully saturated rings. The predicted molar refractivity (Wildman–Crippen MR) is 81.6 cm³/mol. The van der Waals surface area contributed by atoms with E-state index in [2.05, 4.69) is 59.7 Å². The lowest BCUT2D eigenvalue weighted by molar-refractivity contribution is 0.232. The molecule has 2 heteroatoms. The van der Waals surface area contributed by atoms with E-state index < -0.39 is 0 Å². The highest BCUT2D eigenvalue weighted by atomic mass is 15.2. The van der Waals surface area contributed by atoms with E-state index in [9.17, 15) is 0 Å². The second-order valence-corrected chi connectivity index (χ2v) is 5.59. The molecule has 2 aromatic rings. The summed E-state index contributed by atoms with van der Waals surface area (Å²) < 4.78 is 0. The third kappa shape index (κ3) is 2.96. The molecule has 1 heterocycles. The van der Waals surface area contributed by atoms with Crippen molar-refractivity contribution in [1.29, 1.82) is 0 Å². The van der Waals surface area contributed by atoms with Crippen molar-refractivity contribution >= 4 is 10.8 Å². The smallest absolute Gasteiger partial charge is 0.0198 e. The average molecular weight is 254 g/mol. The van der Waals surface area contributed by atoms with Gasteiger partial charge in [0.15, 0.2) is 0 Å². The number of piperazine rings is 1. The molecule has 1 aliphatic heterocycles. The number of hydrogen-bond acceptors (Lipinski definition) is 2.